The lowest BCUT2D eigenvalue weighted by atomic mass is 9.68. The van der Waals surface area contributed by atoms with Gasteiger partial charge in [-0.2, -0.15) is 5.26 Å². The first kappa shape index (κ1) is 22.7. The van der Waals surface area contributed by atoms with Gasteiger partial charge in [-0.05, 0) is 23.5 Å². The Morgan fingerprint density at radius 3 is 2.29 bits per heavy atom. The molecule has 10 nitrogen and oxygen atoms in total. The topological polar surface area (TPSA) is 156 Å². The van der Waals surface area contributed by atoms with Crippen LogP contribution in [0.3, 0.4) is 0 Å². The lowest BCUT2D eigenvalue weighted by Crippen LogP contribution is -2.42. The number of Topliss-reactive ketones (excluding diaryl/α,β-unsaturated/α-hetero) is 1. The number of carbonyl (C=O) groups excluding carboxylic acids is 1. The fourth-order valence-electron chi connectivity index (χ4n) is 4.67. The number of ketones is 1. The molecule has 0 aromatic heterocycles. The van der Waals surface area contributed by atoms with Crippen molar-refractivity contribution >= 4 is 22.8 Å². The number of nitrogens with two attached hydrogens (primary N) is 1. The Balaban J connectivity index is 1.97. The van der Waals surface area contributed by atoms with Crippen LogP contribution in [0.5, 0.6) is 0 Å². The van der Waals surface area contributed by atoms with Crippen molar-refractivity contribution in [2.75, 3.05) is 4.90 Å². The van der Waals surface area contributed by atoms with Gasteiger partial charge in [-0.15, -0.1) is 0 Å². The number of allylic oxidation sites excluding steroid dienone is 3. The average Bonchev–Trinajstić information content (AvgIpc) is 2.77. The highest BCUT2D eigenvalue weighted by Crippen LogP contribution is 2.50. The molecule has 0 radical (unpaired) electrons. The molecule has 0 bridgehead atoms. The summed E-state index contributed by atoms with van der Waals surface area (Å²) in [6, 6.07) is 13.7. The first-order valence-electron chi connectivity index (χ1n) is 10.5. The molecule has 0 saturated heterocycles. The van der Waals surface area contributed by atoms with Gasteiger partial charge in [0.15, 0.2) is 5.78 Å². The van der Waals surface area contributed by atoms with Gasteiger partial charge in [0, 0.05) is 42.0 Å². The lowest BCUT2D eigenvalue weighted by molar-refractivity contribution is -0.385. The molecule has 2 aromatic rings. The van der Waals surface area contributed by atoms with E-state index in [-0.39, 0.29) is 35.0 Å². The number of benzene rings is 2. The number of non-ortho nitro benzene ring substituents is 2. The highest BCUT2D eigenvalue weighted by atomic mass is 16.6. The van der Waals surface area contributed by atoms with Crippen molar-refractivity contribution in [3.05, 3.63) is 97.0 Å². The molecule has 0 amide bonds. The van der Waals surface area contributed by atoms with E-state index in [1.54, 1.807) is 11.0 Å². The Labute approximate surface area is 194 Å². The number of carbonyl (C=O) groups is 1. The van der Waals surface area contributed by atoms with Crippen LogP contribution in [-0.4, -0.2) is 15.6 Å². The van der Waals surface area contributed by atoms with Crippen LogP contribution in [0.2, 0.25) is 0 Å². The van der Waals surface area contributed by atoms with Crippen LogP contribution < -0.4 is 10.6 Å². The molecule has 2 aromatic carbocycles. The summed E-state index contributed by atoms with van der Waals surface area (Å²) in [7, 11) is 0. The first-order valence-corrected chi connectivity index (χ1v) is 10.5. The molecule has 1 unspecified atom stereocenters. The Kier molecular flexibility index (Phi) is 5.41. The standard InChI is InChI=1S/C24H21N5O5/c1-24(2)11-19-22(20(30)12-24)21(14-6-8-15(9-7-14)28(31)32)18(13-25)23(26)27(19)16-4-3-5-17(10-16)29(33)34/h3-10,21H,11-12,26H2,1-2H3. The molecule has 2 N–H and O–H groups in total. The fourth-order valence-corrected chi connectivity index (χ4v) is 4.67. The molecule has 172 valence electrons. The smallest absolute Gasteiger partial charge is 0.271 e. The molecule has 1 heterocycles. The van der Waals surface area contributed by atoms with Crippen LogP contribution >= 0.6 is 0 Å². The minimum atomic E-state index is -0.792. The largest absolute Gasteiger partial charge is 0.384 e. The predicted molar refractivity (Wildman–Crippen MR) is 123 cm³/mol. The number of rotatable bonds is 4. The van der Waals surface area contributed by atoms with Gasteiger partial charge in [-0.3, -0.25) is 29.9 Å². The maximum atomic E-state index is 13.4. The molecule has 1 atom stereocenters. The summed E-state index contributed by atoms with van der Waals surface area (Å²) in [6.07, 6.45) is 0.691. The van der Waals surface area contributed by atoms with Crippen molar-refractivity contribution < 1.29 is 14.6 Å². The molecule has 10 heteroatoms. The molecule has 2 aliphatic rings. The normalized spacial score (nSPS) is 19.5. The zero-order chi connectivity index (χ0) is 24.8. The molecule has 0 fully saturated rings. The predicted octanol–water partition coefficient (Wildman–Crippen LogP) is 4.44. The quantitative estimate of drug-likeness (QED) is 0.519. The Morgan fingerprint density at radius 2 is 1.71 bits per heavy atom. The number of anilines is 1. The van der Waals surface area contributed by atoms with Gasteiger partial charge < -0.3 is 5.73 Å². The van der Waals surface area contributed by atoms with Gasteiger partial charge in [0.25, 0.3) is 11.4 Å². The van der Waals surface area contributed by atoms with Gasteiger partial charge in [-0.25, -0.2) is 0 Å². The number of nitrogens with zero attached hydrogens (tertiary/aromatic N) is 4. The van der Waals surface area contributed by atoms with Crippen LogP contribution in [0.25, 0.3) is 0 Å². The van der Waals surface area contributed by atoms with E-state index in [4.69, 9.17) is 5.73 Å². The van der Waals surface area contributed by atoms with E-state index in [1.807, 2.05) is 13.8 Å². The van der Waals surface area contributed by atoms with Gasteiger partial charge in [0.1, 0.15) is 5.82 Å². The van der Waals surface area contributed by atoms with Crippen molar-refractivity contribution in [2.24, 2.45) is 11.1 Å². The van der Waals surface area contributed by atoms with Crippen molar-refractivity contribution in [1.29, 1.82) is 5.26 Å². The monoisotopic (exact) mass is 459 g/mol. The number of hydrogen-bond donors (Lipinski definition) is 1. The summed E-state index contributed by atoms with van der Waals surface area (Å²) in [5, 5.41) is 32.5. The van der Waals surface area contributed by atoms with Gasteiger partial charge in [0.2, 0.25) is 0 Å². The van der Waals surface area contributed by atoms with Crippen LogP contribution in [0.15, 0.2) is 71.2 Å². The Hall–Kier alpha value is -4.52. The third kappa shape index (κ3) is 3.77. The van der Waals surface area contributed by atoms with Crippen LogP contribution in [0.4, 0.5) is 17.1 Å². The number of nitro benzene ring substituents is 2. The van der Waals surface area contributed by atoms with Crippen molar-refractivity contribution in [3.8, 4) is 6.07 Å². The molecular weight excluding hydrogens is 438 g/mol. The zero-order valence-corrected chi connectivity index (χ0v) is 18.5. The molecule has 4 rings (SSSR count). The van der Waals surface area contributed by atoms with Gasteiger partial charge >= 0.3 is 0 Å². The van der Waals surface area contributed by atoms with E-state index >= 15 is 0 Å². The van der Waals surface area contributed by atoms with E-state index in [0.29, 0.717) is 28.9 Å². The second kappa shape index (κ2) is 8.12. The van der Waals surface area contributed by atoms with E-state index in [0.717, 1.165) is 0 Å². The molecular formula is C24H21N5O5. The van der Waals surface area contributed by atoms with Crippen LogP contribution in [0.1, 0.15) is 38.2 Å². The van der Waals surface area contributed by atoms with Crippen LogP contribution in [0, 0.1) is 37.0 Å². The van der Waals surface area contributed by atoms with E-state index in [1.165, 1.54) is 42.5 Å². The van der Waals surface area contributed by atoms with Crippen molar-refractivity contribution in [2.45, 2.75) is 32.6 Å². The summed E-state index contributed by atoms with van der Waals surface area (Å²) >= 11 is 0. The second-order valence-corrected chi connectivity index (χ2v) is 9.11. The van der Waals surface area contributed by atoms with Gasteiger partial charge in [-0.1, -0.05) is 32.0 Å². The summed E-state index contributed by atoms with van der Waals surface area (Å²) in [6.45, 7) is 3.89. The number of nitriles is 1. The average molecular weight is 459 g/mol. The molecule has 1 aliphatic heterocycles. The fraction of sp³-hybridized carbons (Fsp3) is 0.250. The molecule has 0 spiro atoms. The Morgan fingerprint density at radius 1 is 1.06 bits per heavy atom. The van der Waals surface area contributed by atoms with Gasteiger partial charge in [0.05, 0.1) is 33.1 Å². The third-order valence-electron chi connectivity index (χ3n) is 6.12. The van der Waals surface area contributed by atoms with E-state index < -0.39 is 21.2 Å². The zero-order valence-electron chi connectivity index (χ0n) is 18.5. The molecule has 0 saturated carbocycles. The second-order valence-electron chi connectivity index (χ2n) is 9.11. The van der Waals surface area contributed by atoms with E-state index in [9.17, 15) is 30.3 Å². The minimum Gasteiger partial charge on any atom is -0.384 e. The summed E-state index contributed by atoms with van der Waals surface area (Å²) < 4.78 is 0. The molecule has 34 heavy (non-hydrogen) atoms. The van der Waals surface area contributed by atoms with Crippen LogP contribution in [-0.2, 0) is 4.79 Å². The minimum absolute atomic E-state index is 0.0654. The SMILES string of the molecule is CC1(C)CC(=O)C2=C(C1)N(c1cccc([N+](=O)[O-])c1)C(N)=C(C#N)C2c1ccc([N+](=O)[O-])cc1. The maximum absolute atomic E-state index is 13.4. The highest BCUT2D eigenvalue weighted by Gasteiger charge is 2.44. The highest BCUT2D eigenvalue weighted by molar-refractivity contribution is 6.01. The maximum Gasteiger partial charge on any atom is 0.271 e. The van der Waals surface area contributed by atoms with Crippen molar-refractivity contribution in [1.82, 2.24) is 0 Å². The molecule has 1 aliphatic carbocycles. The van der Waals surface area contributed by atoms with Crippen molar-refractivity contribution in [3.63, 3.8) is 0 Å². The Bertz CT molecular complexity index is 1330. The first-order chi connectivity index (χ1) is 16.0. The summed E-state index contributed by atoms with van der Waals surface area (Å²) in [4.78, 5) is 36.4. The third-order valence-corrected chi connectivity index (χ3v) is 6.12. The lowest BCUT2D eigenvalue weighted by Gasteiger charge is -2.43. The number of hydrogen-bond acceptors (Lipinski definition) is 8. The summed E-state index contributed by atoms with van der Waals surface area (Å²) in [5.41, 5.74) is 7.80. The summed E-state index contributed by atoms with van der Waals surface area (Å²) in [5.74, 6) is -0.889. The number of nitro groups is 2. The van der Waals surface area contributed by atoms with E-state index in [2.05, 4.69) is 6.07 Å².